The number of benzene rings is 3. The maximum absolute atomic E-state index is 12.2. The van der Waals surface area contributed by atoms with Crippen molar-refractivity contribution in [2.24, 2.45) is 0 Å². The molecule has 0 saturated carbocycles. The smallest absolute Gasteiger partial charge is 0.186 e. The lowest BCUT2D eigenvalue weighted by molar-refractivity contribution is 0.104. The third-order valence-corrected chi connectivity index (χ3v) is 5.46. The van der Waals surface area contributed by atoms with Gasteiger partial charge in [-0.25, -0.2) is 0 Å². The molecule has 0 atom stereocenters. The van der Waals surface area contributed by atoms with Crippen LogP contribution >= 0.6 is 0 Å². The lowest BCUT2D eigenvalue weighted by Crippen LogP contribution is -2.17. The molecule has 5 rings (SSSR count). The second-order valence-electron chi connectivity index (χ2n) is 7.04. The van der Waals surface area contributed by atoms with Gasteiger partial charge in [0.2, 0.25) is 0 Å². The maximum Gasteiger partial charge on any atom is 0.186 e. The standard InChI is InChI=1S/C26H19NO/c1-27-24-12-6-4-9-21(24)20(22-10-5-7-13-25(22)27)16-14-18-15-17-26(28)23-11-3-2-8-19(18)23/h2-17H,1H3. The van der Waals surface area contributed by atoms with Crippen LogP contribution in [0.15, 0.2) is 97.1 Å². The monoisotopic (exact) mass is 361 g/mol. The molecule has 2 aliphatic rings. The van der Waals surface area contributed by atoms with Crippen molar-refractivity contribution >= 4 is 28.3 Å². The molecule has 0 aromatic heterocycles. The number of carbonyl (C=O) groups excluding carboxylic acids is 1. The molecule has 28 heavy (non-hydrogen) atoms. The van der Waals surface area contributed by atoms with Crippen LogP contribution in [0, 0.1) is 0 Å². The Morgan fingerprint density at radius 2 is 1.18 bits per heavy atom. The van der Waals surface area contributed by atoms with E-state index in [4.69, 9.17) is 0 Å². The predicted octanol–water partition coefficient (Wildman–Crippen LogP) is 6.04. The van der Waals surface area contributed by atoms with Gasteiger partial charge >= 0.3 is 0 Å². The van der Waals surface area contributed by atoms with Crippen LogP contribution in [0.25, 0.3) is 11.1 Å². The summed E-state index contributed by atoms with van der Waals surface area (Å²) in [4.78, 5) is 14.4. The summed E-state index contributed by atoms with van der Waals surface area (Å²) in [6.07, 6.45) is 7.87. The van der Waals surface area contributed by atoms with Crippen molar-refractivity contribution in [2.45, 2.75) is 0 Å². The van der Waals surface area contributed by atoms with Crippen molar-refractivity contribution in [3.05, 3.63) is 119 Å². The van der Waals surface area contributed by atoms with Crippen molar-refractivity contribution in [1.29, 1.82) is 0 Å². The van der Waals surface area contributed by atoms with Crippen LogP contribution in [0.1, 0.15) is 27.0 Å². The SMILES string of the molecule is CN1c2ccccc2C(=CC=C2C=CC(=O)c3ccccc32)c2ccccc21. The fourth-order valence-corrected chi connectivity index (χ4v) is 4.06. The fourth-order valence-electron chi connectivity index (χ4n) is 4.06. The fraction of sp³-hybridized carbons (Fsp3) is 0.0385. The molecule has 134 valence electrons. The van der Waals surface area contributed by atoms with Gasteiger partial charge in [-0.15, -0.1) is 0 Å². The molecule has 0 radical (unpaired) electrons. The minimum Gasteiger partial charge on any atom is -0.344 e. The Labute approximate surface area is 164 Å². The molecule has 0 unspecified atom stereocenters. The lowest BCUT2D eigenvalue weighted by atomic mass is 9.88. The highest BCUT2D eigenvalue weighted by Gasteiger charge is 2.23. The van der Waals surface area contributed by atoms with Crippen LogP contribution < -0.4 is 4.90 Å². The molecule has 0 bridgehead atoms. The zero-order valence-electron chi connectivity index (χ0n) is 15.6. The first-order valence-electron chi connectivity index (χ1n) is 9.40. The molecule has 1 aliphatic heterocycles. The Morgan fingerprint density at radius 1 is 0.643 bits per heavy atom. The number of para-hydroxylation sites is 2. The number of hydrogen-bond donors (Lipinski definition) is 0. The average molecular weight is 361 g/mol. The third kappa shape index (κ3) is 2.54. The Hall–Kier alpha value is -3.65. The second-order valence-corrected chi connectivity index (χ2v) is 7.04. The van der Waals surface area contributed by atoms with E-state index >= 15 is 0 Å². The zero-order valence-corrected chi connectivity index (χ0v) is 15.6. The summed E-state index contributed by atoms with van der Waals surface area (Å²) in [5.74, 6) is 0.0652. The van der Waals surface area contributed by atoms with Crippen LogP contribution in [0.4, 0.5) is 11.4 Å². The first-order chi connectivity index (χ1) is 13.7. The molecule has 0 fully saturated rings. The Morgan fingerprint density at radius 3 is 1.82 bits per heavy atom. The van der Waals surface area contributed by atoms with E-state index in [1.165, 1.54) is 28.1 Å². The van der Waals surface area contributed by atoms with E-state index in [2.05, 4.69) is 72.6 Å². The average Bonchev–Trinajstić information content (AvgIpc) is 2.75. The van der Waals surface area contributed by atoms with E-state index in [-0.39, 0.29) is 5.78 Å². The highest BCUT2D eigenvalue weighted by atomic mass is 16.1. The summed E-state index contributed by atoms with van der Waals surface area (Å²) >= 11 is 0. The Bertz CT molecular complexity index is 1150. The second kappa shape index (κ2) is 6.50. The Balaban J connectivity index is 1.69. The summed E-state index contributed by atoms with van der Waals surface area (Å²) in [5.41, 5.74) is 8.81. The summed E-state index contributed by atoms with van der Waals surface area (Å²) in [6.45, 7) is 0. The molecule has 0 spiro atoms. The van der Waals surface area contributed by atoms with Gasteiger partial charge in [0.15, 0.2) is 5.78 Å². The van der Waals surface area contributed by atoms with Gasteiger partial charge < -0.3 is 4.90 Å². The van der Waals surface area contributed by atoms with Crippen molar-refractivity contribution in [1.82, 2.24) is 0 Å². The van der Waals surface area contributed by atoms with E-state index in [0.717, 1.165) is 16.7 Å². The summed E-state index contributed by atoms with van der Waals surface area (Å²) < 4.78 is 0. The first-order valence-corrected chi connectivity index (χ1v) is 9.40. The van der Waals surface area contributed by atoms with Crippen LogP contribution in [-0.4, -0.2) is 12.8 Å². The van der Waals surface area contributed by atoms with Gasteiger partial charge in [-0.1, -0.05) is 78.9 Å². The third-order valence-electron chi connectivity index (χ3n) is 5.46. The molecular weight excluding hydrogens is 342 g/mol. The largest absolute Gasteiger partial charge is 0.344 e. The molecule has 2 nitrogen and oxygen atoms in total. The van der Waals surface area contributed by atoms with Crippen LogP contribution in [0.2, 0.25) is 0 Å². The Kier molecular flexibility index (Phi) is 3.84. The molecule has 0 amide bonds. The molecular formula is C26H19NO. The van der Waals surface area contributed by atoms with Crippen molar-refractivity contribution in [2.75, 3.05) is 11.9 Å². The molecule has 1 aliphatic carbocycles. The van der Waals surface area contributed by atoms with Gasteiger partial charge in [0, 0.05) is 35.1 Å². The number of hydrogen-bond acceptors (Lipinski definition) is 2. The summed E-state index contributed by atoms with van der Waals surface area (Å²) in [6, 6.07) is 24.7. The van der Waals surface area contributed by atoms with Gasteiger partial charge in [-0.3, -0.25) is 4.79 Å². The van der Waals surface area contributed by atoms with Gasteiger partial charge in [-0.2, -0.15) is 0 Å². The molecule has 0 N–H and O–H groups in total. The van der Waals surface area contributed by atoms with E-state index in [1.807, 2.05) is 30.3 Å². The molecule has 1 heterocycles. The van der Waals surface area contributed by atoms with Crippen molar-refractivity contribution in [3.63, 3.8) is 0 Å². The quantitative estimate of drug-likeness (QED) is 0.527. The van der Waals surface area contributed by atoms with Crippen LogP contribution in [-0.2, 0) is 0 Å². The van der Waals surface area contributed by atoms with Crippen LogP contribution in [0.5, 0.6) is 0 Å². The van der Waals surface area contributed by atoms with E-state index in [0.29, 0.717) is 0 Å². The number of fused-ring (bicyclic) bond motifs is 3. The highest BCUT2D eigenvalue weighted by molar-refractivity contribution is 6.12. The number of nitrogens with zero attached hydrogens (tertiary/aromatic N) is 1. The van der Waals surface area contributed by atoms with Gasteiger partial charge in [-0.05, 0) is 34.9 Å². The lowest BCUT2D eigenvalue weighted by Gasteiger charge is -2.31. The first kappa shape index (κ1) is 16.5. The molecule has 0 saturated heterocycles. The van der Waals surface area contributed by atoms with E-state index in [1.54, 1.807) is 6.08 Å². The highest BCUT2D eigenvalue weighted by Crippen LogP contribution is 2.44. The number of rotatable bonds is 1. The molecule has 3 aromatic rings. The van der Waals surface area contributed by atoms with Crippen molar-refractivity contribution < 1.29 is 4.79 Å². The molecule has 2 heteroatoms. The normalized spacial score (nSPS) is 15.9. The predicted molar refractivity (Wildman–Crippen MR) is 116 cm³/mol. The summed E-state index contributed by atoms with van der Waals surface area (Å²) in [7, 11) is 2.11. The van der Waals surface area contributed by atoms with E-state index < -0.39 is 0 Å². The topological polar surface area (TPSA) is 20.3 Å². The maximum atomic E-state index is 12.2. The van der Waals surface area contributed by atoms with Gasteiger partial charge in [0.1, 0.15) is 0 Å². The van der Waals surface area contributed by atoms with Crippen LogP contribution in [0.3, 0.4) is 0 Å². The summed E-state index contributed by atoms with van der Waals surface area (Å²) in [5, 5.41) is 0. The van der Waals surface area contributed by atoms with Crippen molar-refractivity contribution in [3.8, 4) is 0 Å². The number of ketones is 1. The minimum absolute atomic E-state index is 0.0652. The number of anilines is 2. The van der Waals surface area contributed by atoms with Gasteiger partial charge in [0.25, 0.3) is 0 Å². The zero-order chi connectivity index (χ0) is 19.1. The molecule has 3 aromatic carbocycles. The van der Waals surface area contributed by atoms with Gasteiger partial charge in [0.05, 0.1) is 0 Å². The number of carbonyl (C=O) groups is 1. The minimum atomic E-state index is 0.0652. The van der Waals surface area contributed by atoms with E-state index in [9.17, 15) is 4.79 Å². The number of allylic oxidation sites excluding steroid dienone is 5.